The molecule has 0 saturated carbocycles. The zero-order valence-corrected chi connectivity index (χ0v) is 16.1. The molecule has 0 radical (unpaired) electrons. The van der Waals surface area contributed by atoms with Gasteiger partial charge in [0.25, 0.3) is 5.56 Å². The van der Waals surface area contributed by atoms with Gasteiger partial charge in [-0.25, -0.2) is 14.8 Å². The van der Waals surface area contributed by atoms with Gasteiger partial charge < -0.3 is 9.80 Å². The second kappa shape index (κ2) is 7.40. The van der Waals surface area contributed by atoms with Gasteiger partial charge in [0.2, 0.25) is 5.91 Å². The molecule has 0 aliphatic carbocycles. The Morgan fingerprint density at radius 2 is 1.88 bits per heavy atom. The van der Waals surface area contributed by atoms with Gasteiger partial charge in [-0.15, -0.1) is 0 Å². The number of amides is 1. The SMILES string of the molecule is Cc1cc(N2CCN(C(=O)Cn3cc(Br)c(=O)[nH]c3=O)CC2)nc(C)n1. The van der Waals surface area contributed by atoms with Crippen LogP contribution in [-0.2, 0) is 11.3 Å². The Kier molecular flexibility index (Phi) is 5.21. The molecule has 0 aromatic carbocycles. The van der Waals surface area contributed by atoms with Crippen LogP contribution in [0.15, 0.2) is 26.3 Å². The number of nitrogens with zero attached hydrogens (tertiary/aromatic N) is 5. The highest BCUT2D eigenvalue weighted by Gasteiger charge is 2.22. The molecule has 1 saturated heterocycles. The van der Waals surface area contributed by atoms with Crippen LogP contribution < -0.4 is 16.1 Å². The number of piperazine rings is 1. The van der Waals surface area contributed by atoms with E-state index in [4.69, 9.17) is 0 Å². The number of carbonyl (C=O) groups is 1. The number of hydrogen-bond acceptors (Lipinski definition) is 6. The summed E-state index contributed by atoms with van der Waals surface area (Å²) < 4.78 is 1.40. The number of aromatic amines is 1. The van der Waals surface area contributed by atoms with E-state index in [1.807, 2.05) is 19.9 Å². The van der Waals surface area contributed by atoms with E-state index < -0.39 is 11.2 Å². The maximum atomic E-state index is 12.5. The first-order valence-corrected chi connectivity index (χ1v) is 8.97. The molecule has 0 unspecified atom stereocenters. The van der Waals surface area contributed by atoms with Gasteiger partial charge in [0.1, 0.15) is 18.2 Å². The fourth-order valence-electron chi connectivity index (χ4n) is 2.89. The Labute approximate surface area is 157 Å². The molecule has 1 N–H and O–H groups in total. The molecule has 1 fully saturated rings. The summed E-state index contributed by atoms with van der Waals surface area (Å²) in [6.07, 6.45) is 1.34. The Bertz CT molecular complexity index is 925. The molecule has 1 aliphatic rings. The largest absolute Gasteiger partial charge is 0.353 e. The highest BCUT2D eigenvalue weighted by atomic mass is 79.9. The van der Waals surface area contributed by atoms with E-state index in [9.17, 15) is 14.4 Å². The van der Waals surface area contributed by atoms with Crippen molar-refractivity contribution in [3.8, 4) is 0 Å². The summed E-state index contributed by atoms with van der Waals surface area (Å²) >= 11 is 3.06. The van der Waals surface area contributed by atoms with Crippen molar-refractivity contribution in [1.82, 2.24) is 24.4 Å². The lowest BCUT2D eigenvalue weighted by molar-refractivity contribution is -0.132. The molecular weight excluding hydrogens is 404 g/mol. The minimum Gasteiger partial charge on any atom is -0.353 e. The predicted molar refractivity (Wildman–Crippen MR) is 99.3 cm³/mol. The molecule has 138 valence electrons. The molecule has 3 heterocycles. The molecule has 0 atom stereocenters. The third kappa shape index (κ3) is 4.01. The van der Waals surface area contributed by atoms with Gasteiger partial charge >= 0.3 is 5.69 Å². The van der Waals surface area contributed by atoms with Crippen molar-refractivity contribution in [2.45, 2.75) is 20.4 Å². The van der Waals surface area contributed by atoms with E-state index >= 15 is 0 Å². The van der Waals surface area contributed by atoms with Crippen LogP contribution in [0.1, 0.15) is 11.5 Å². The van der Waals surface area contributed by atoms with Crippen molar-refractivity contribution in [2.24, 2.45) is 0 Å². The number of carbonyl (C=O) groups excluding carboxylic acids is 1. The van der Waals surface area contributed by atoms with Crippen molar-refractivity contribution >= 4 is 27.7 Å². The molecule has 0 bridgehead atoms. The molecule has 1 aliphatic heterocycles. The van der Waals surface area contributed by atoms with Gasteiger partial charge in [0.15, 0.2) is 0 Å². The number of hydrogen-bond donors (Lipinski definition) is 1. The summed E-state index contributed by atoms with van der Waals surface area (Å²) in [5.74, 6) is 1.42. The van der Waals surface area contributed by atoms with Crippen LogP contribution in [0, 0.1) is 13.8 Å². The summed E-state index contributed by atoms with van der Waals surface area (Å²) in [6, 6.07) is 1.93. The number of nitrogens with one attached hydrogen (secondary N) is 1. The summed E-state index contributed by atoms with van der Waals surface area (Å²) in [4.78, 5) is 50.4. The van der Waals surface area contributed by atoms with Gasteiger partial charge in [0, 0.05) is 44.1 Å². The monoisotopic (exact) mass is 422 g/mol. The standard InChI is InChI=1S/C16H19BrN6O3/c1-10-7-13(19-11(2)18-10)21-3-5-22(6-4-21)14(24)9-23-8-12(17)15(25)20-16(23)26/h7-8H,3-6,9H2,1-2H3,(H,20,25,26). The van der Waals surface area contributed by atoms with Gasteiger partial charge in [0.05, 0.1) is 4.47 Å². The highest BCUT2D eigenvalue weighted by molar-refractivity contribution is 9.10. The molecule has 9 nitrogen and oxygen atoms in total. The lowest BCUT2D eigenvalue weighted by Crippen LogP contribution is -2.50. The summed E-state index contributed by atoms with van der Waals surface area (Å²) in [5.41, 5.74) is -0.200. The summed E-state index contributed by atoms with van der Waals surface area (Å²) in [6.45, 7) is 6.08. The zero-order valence-electron chi connectivity index (χ0n) is 14.5. The van der Waals surface area contributed by atoms with Crippen molar-refractivity contribution in [2.75, 3.05) is 31.1 Å². The van der Waals surface area contributed by atoms with Crippen LogP contribution >= 0.6 is 15.9 Å². The van der Waals surface area contributed by atoms with Crippen molar-refractivity contribution in [3.63, 3.8) is 0 Å². The van der Waals surface area contributed by atoms with E-state index in [1.54, 1.807) is 4.90 Å². The maximum Gasteiger partial charge on any atom is 0.328 e. The Morgan fingerprint density at radius 1 is 1.19 bits per heavy atom. The number of aryl methyl sites for hydroxylation is 2. The third-order valence-corrected chi connectivity index (χ3v) is 4.75. The number of anilines is 1. The van der Waals surface area contributed by atoms with Gasteiger partial charge in [-0.3, -0.25) is 19.1 Å². The number of halogens is 1. The highest BCUT2D eigenvalue weighted by Crippen LogP contribution is 2.15. The fourth-order valence-corrected chi connectivity index (χ4v) is 3.24. The van der Waals surface area contributed by atoms with Crippen LogP contribution in [0.5, 0.6) is 0 Å². The topological polar surface area (TPSA) is 104 Å². The summed E-state index contributed by atoms with van der Waals surface area (Å²) in [7, 11) is 0. The van der Waals surface area contributed by atoms with E-state index in [2.05, 4.69) is 35.8 Å². The smallest absolute Gasteiger partial charge is 0.328 e. The number of aromatic nitrogens is 4. The van der Waals surface area contributed by atoms with Gasteiger partial charge in [-0.1, -0.05) is 0 Å². The molecule has 10 heteroatoms. The average molecular weight is 423 g/mol. The van der Waals surface area contributed by atoms with E-state index in [1.165, 1.54) is 10.8 Å². The van der Waals surface area contributed by atoms with Crippen molar-refractivity contribution in [3.05, 3.63) is 49.1 Å². The summed E-state index contributed by atoms with van der Waals surface area (Å²) in [5, 5.41) is 0. The number of H-pyrrole nitrogens is 1. The Morgan fingerprint density at radius 3 is 2.54 bits per heavy atom. The molecular formula is C16H19BrN6O3. The second-order valence-electron chi connectivity index (χ2n) is 6.15. The zero-order chi connectivity index (χ0) is 18.8. The number of rotatable bonds is 3. The normalized spacial score (nSPS) is 14.6. The van der Waals surface area contributed by atoms with E-state index in [-0.39, 0.29) is 16.9 Å². The predicted octanol–water partition coefficient (Wildman–Crippen LogP) is 0.0547. The maximum absolute atomic E-state index is 12.5. The molecule has 0 spiro atoms. The molecule has 1 amide bonds. The van der Waals surface area contributed by atoms with E-state index in [0.29, 0.717) is 26.2 Å². The first-order chi connectivity index (χ1) is 12.3. The fraction of sp³-hybridized carbons (Fsp3) is 0.438. The third-order valence-electron chi connectivity index (χ3n) is 4.18. The molecule has 26 heavy (non-hydrogen) atoms. The van der Waals surface area contributed by atoms with Crippen molar-refractivity contribution in [1.29, 1.82) is 0 Å². The Balaban J connectivity index is 1.64. The van der Waals surface area contributed by atoms with Crippen LogP contribution in [0.4, 0.5) is 5.82 Å². The Hall–Kier alpha value is -2.49. The van der Waals surface area contributed by atoms with Gasteiger partial charge in [-0.05, 0) is 29.8 Å². The van der Waals surface area contributed by atoms with Gasteiger partial charge in [-0.2, -0.15) is 0 Å². The van der Waals surface area contributed by atoms with Crippen LogP contribution in [-0.4, -0.2) is 56.5 Å². The minimum atomic E-state index is -0.600. The van der Waals surface area contributed by atoms with Crippen LogP contribution in [0.3, 0.4) is 0 Å². The quantitative estimate of drug-likeness (QED) is 0.749. The molecule has 2 aromatic rings. The van der Waals surface area contributed by atoms with E-state index in [0.717, 1.165) is 17.3 Å². The van der Waals surface area contributed by atoms with Crippen LogP contribution in [0.25, 0.3) is 0 Å². The first-order valence-electron chi connectivity index (χ1n) is 8.18. The lowest BCUT2D eigenvalue weighted by Gasteiger charge is -2.35. The van der Waals surface area contributed by atoms with Crippen LogP contribution in [0.2, 0.25) is 0 Å². The minimum absolute atomic E-state index is 0.111. The second-order valence-corrected chi connectivity index (χ2v) is 7.00. The lowest BCUT2D eigenvalue weighted by atomic mass is 10.3. The average Bonchev–Trinajstić information content (AvgIpc) is 2.59. The van der Waals surface area contributed by atoms with Crippen molar-refractivity contribution < 1.29 is 4.79 Å². The first kappa shape index (κ1) is 18.3. The molecule has 2 aromatic heterocycles. The molecule has 3 rings (SSSR count).